The van der Waals surface area contributed by atoms with Crippen molar-refractivity contribution in [2.75, 3.05) is 4.90 Å². The van der Waals surface area contributed by atoms with E-state index in [1.54, 1.807) is 19.9 Å². The van der Waals surface area contributed by atoms with Gasteiger partial charge in [-0.05, 0) is 38.5 Å². The number of hydrogen-bond acceptors (Lipinski definition) is 8. The lowest BCUT2D eigenvalue weighted by atomic mass is 9.95. The van der Waals surface area contributed by atoms with Crippen LogP contribution in [0.4, 0.5) is 5.13 Å². The van der Waals surface area contributed by atoms with Crippen LogP contribution in [-0.2, 0) is 4.79 Å². The Morgan fingerprint density at radius 2 is 1.93 bits per heavy atom. The Balaban J connectivity index is 1.90. The molecule has 4 rings (SSSR count). The molecule has 1 atom stereocenters. The predicted molar refractivity (Wildman–Crippen MR) is 115 cm³/mol. The summed E-state index contributed by atoms with van der Waals surface area (Å²) in [7, 11) is 0. The highest BCUT2D eigenvalue weighted by Crippen LogP contribution is 2.43. The fourth-order valence-electron chi connectivity index (χ4n) is 3.27. The number of aromatic nitrogens is 3. The maximum atomic E-state index is 13.4. The number of anilines is 1. The quantitative estimate of drug-likeness (QED) is 0.542. The number of amides is 1. The van der Waals surface area contributed by atoms with E-state index in [0.717, 1.165) is 9.48 Å². The summed E-state index contributed by atoms with van der Waals surface area (Å²) in [6.45, 7) is 5.33. The highest BCUT2D eigenvalue weighted by atomic mass is 79.9. The molecule has 0 saturated heterocycles. The van der Waals surface area contributed by atoms with Gasteiger partial charge in [-0.25, -0.2) is 4.98 Å². The number of carbonyl (C=O) groups is 2. The van der Waals surface area contributed by atoms with Gasteiger partial charge in [0, 0.05) is 4.47 Å². The van der Waals surface area contributed by atoms with E-state index in [1.165, 1.54) is 27.6 Å². The number of thiazole rings is 1. The normalized spacial score (nSPS) is 16.8. The fraction of sp³-hybridized carbons (Fsp3) is 0.211. The first-order valence-corrected chi connectivity index (χ1v) is 11.0. The second kappa shape index (κ2) is 7.43. The van der Waals surface area contributed by atoms with Crippen molar-refractivity contribution < 1.29 is 14.7 Å². The maximum absolute atomic E-state index is 13.4. The Kier molecular flexibility index (Phi) is 5.09. The van der Waals surface area contributed by atoms with Crippen molar-refractivity contribution in [3.8, 4) is 0 Å². The molecule has 29 heavy (non-hydrogen) atoms. The Labute approximate surface area is 182 Å². The predicted octanol–water partition coefficient (Wildman–Crippen LogP) is 4.47. The molecule has 0 aliphatic carbocycles. The molecule has 0 saturated carbocycles. The average Bonchev–Trinajstić information content (AvgIpc) is 3.31. The number of rotatable bonds is 4. The monoisotopic (exact) mass is 490 g/mol. The minimum atomic E-state index is -0.818. The Morgan fingerprint density at radius 3 is 2.52 bits per heavy atom. The zero-order valence-corrected chi connectivity index (χ0v) is 18.9. The van der Waals surface area contributed by atoms with Crippen LogP contribution >= 0.6 is 38.6 Å². The minimum absolute atomic E-state index is 0.0210. The largest absolute Gasteiger partial charge is 0.503 e. The molecular formula is C19H15BrN4O3S2. The maximum Gasteiger partial charge on any atom is 0.296 e. The summed E-state index contributed by atoms with van der Waals surface area (Å²) >= 11 is 5.90. The lowest BCUT2D eigenvalue weighted by Gasteiger charge is -2.24. The van der Waals surface area contributed by atoms with Crippen molar-refractivity contribution in [2.24, 2.45) is 0 Å². The van der Waals surface area contributed by atoms with E-state index in [0.29, 0.717) is 26.3 Å². The second-order valence-electron chi connectivity index (χ2n) is 6.48. The first-order chi connectivity index (χ1) is 13.8. The fourth-order valence-corrected chi connectivity index (χ4v) is 5.28. The Morgan fingerprint density at radius 1 is 1.17 bits per heavy atom. The number of aliphatic hydroxyl groups is 1. The van der Waals surface area contributed by atoms with E-state index in [9.17, 15) is 14.7 Å². The standard InChI is InChI=1S/C19H15BrN4O3S2/c1-8-17(28-9(2)21-8)15(25)13-14(11-5-4-6-12(20)7-11)24(18(27)16(13)26)19-23-22-10(3)29-19/h4-7,14,26H,1-3H3. The molecule has 148 valence electrons. The Bertz CT molecular complexity index is 1180. The highest BCUT2D eigenvalue weighted by Gasteiger charge is 2.46. The van der Waals surface area contributed by atoms with Gasteiger partial charge in [-0.15, -0.1) is 21.5 Å². The van der Waals surface area contributed by atoms with Crippen LogP contribution in [0.25, 0.3) is 0 Å². The van der Waals surface area contributed by atoms with E-state index in [1.807, 2.05) is 25.1 Å². The molecular weight excluding hydrogens is 476 g/mol. The van der Waals surface area contributed by atoms with Crippen LogP contribution in [0, 0.1) is 20.8 Å². The van der Waals surface area contributed by atoms with Gasteiger partial charge in [-0.1, -0.05) is 39.4 Å². The molecule has 3 heterocycles. The number of benzene rings is 1. The number of Topliss-reactive ketones (excluding diaryl/α,β-unsaturated/α-hetero) is 1. The van der Waals surface area contributed by atoms with Crippen molar-refractivity contribution in [2.45, 2.75) is 26.8 Å². The van der Waals surface area contributed by atoms with E-state index in [2.05, 4.69) is 31.1 Å². The molecule has 7 nitrogen and oxygen atoms in total. The number of aliphatic hydroxyl groups excluding tert-OH is 1. The molecule has 0 fully saturated rings. The number of ketones is 1. The van der Waals surface area contributed by atoms with Crippen LogP contribution in [0.15, 0.2) is 40.1 Å². The van der Waals surface area contributed by atoms with Crippen molar-refractivity contribution in [1.82, 2.24) is 15.2 Å². The summed E-state index contributed by atoms with van der Waals surface area (Å²) in [5.41, 5.74) is 1.27. The first-order valence-electron chi connectivity index (χ1n) is 8.59. The third-order valence-electron chi connectivity index (χ3n) is 4.45. The molecule has 1 aliphatic heterocycles. The number of aryl methyl sites for hydroxylation is 3. The van der Waals surface area contributed by atoms with Crippen LogP contribution in [0.5, 0.6) is 0 Å². The Hall–Kier alpha value is -2.43. The zero-order chi connectivity index (χ0) is 20.9. The van der Waals surface area contributed by atoms with Crippen LogP contribution < -0.4 is 4.90 Å². The van der Waals surface area contributed by atoms with Crippen molar-refractivity contribution in [3.63, 3.8) is 0 Å². The van der Waals surface area contributed by atoms with Crippen LogP contribution in [0.1, 0.15) is 37.0 Å². The zero-order valence-electron chi connectivity index (χ0n) is 15.6. The molecule has 0 radical (unpaired) electrons. The summed E-state index contributed by atoms with van der Waals surface area (Å²) in [6.07, 6.45) is 0. The number of carbonyl (C=O) groups excluding carboxylic acids is 2. The van der Waals surface area contributed by atoms with Crippen molar-refractivity contribution in [1.29, 1.82) is 0 Å². The molecule has 1 N–H and O–H groups in total. The molecule has 1 aromatic carbocycles. The lowest BCUT2D eigenvalue weighted by molar-refractivity contribution is -0.117. The summed E-state index contributed by atoms with van der Waals surface area (Å²) in [4.78, 5) is 32.5. The minimum Gasteiger partial charge on any atom is -0.503 e. The van der Waals surface area contributed by atoms with Crippen molar-refractivity contribution in [3.05, 3.63) is 66.2 Å². The number of nitrogens with zero attached hydrogens (tertiary/aromatic N) is 4. The van der Waals surface area contributed by atoms with Gasteiger partial charge in [0.15, 0.2) is 5.76 Å². The molecule has 1 aliphatic rings. The summed E-state index contributed by atoms with van der Waals surface area (Å²) in [6, 6.07) is 6.46. The first kappa shape index (κ1) is 19.9. The van der Waals surface area contributed by atoms with Gasteiger partial charge >= 0.3 is 0 Å². The second-order valence-corrected chi connectivity index (χ2v) is 9.75. The summed E-state index contributed by atoms with van der Waals surface area (Å²) in [5.74, 6) is -1.65. The number of hydrogen-bond donors (Lipinski definition) is 1. The van der Waals surface area contributed by atoms with E-state index < -0.39 is 23.5 Å². The molecule has 2 aromatic heterocycles. The smallest absolute Gasteiger partial charge is 0.296 e. The van der Waals surface area contributed by atoms with Gasteiger partial charge in [0.05, 0.1) is 27.2 Å². The molecule has 0 bridgehead atoms. The molecule has 10 heteroatoms. The molecule has 3 aromatic rings. The van der Waals surface area contributed by atoms with Gasteiger partial charge in [-0.3, -0.25) is 14.5 Å². The average molecular weight is 491 g/mol. The van der Waals surface area contributed by atoms with Gasteiger partial charge in [0.1, 0.15) is 5.01 Å². The highest BCUT2D eigenvalue weighted by molar-refractivity contribution is 9.10. The summed E-state index contributed by atoms with van der Waals surface area (Å²) < 4.78 is 0.791. The van der Waals surface area contributed by atoms with Gasteiger partial charge in [0.2, 0.25) is 10.9 Å². The molecule has 1 unspecified atom stereocenters. The molecule has 0 spiro atoms. The van der Waals surface area contributed by atoms with E-state index in [-0.39, 0.29) is 5.57 Å². The SMILES string of the molecule is Cc1nnc(N2C(=O)C(O)=C(C(=O)c3sc(C)nc3C)C2c2cccc(Br)c2)s1. The van der Waals surface area contributed by atoms with Crippen molar-refractivity contribution >= 4 is 55.4 Å². The van der Waals surface area contributed by atoms with E-state index in [4.69, 9.17) is 0 Å². The lowest BCUT2D eigenvalue weighted by Crippen LogP contribution is -2.31. The van der Waals surface area contributed by atoms with Gasteiger partial charge in [0.25, 0.3) is 5.91 Å². The third kappa shape index (κ3) is 3.41. The third-order valence-corrected chi connectivity index (χ3v) is 6.85. The number of halogens is 1. The van der Waals surface area contributed by atoms with E-state index >= 15 is 0 Å². The summed E-state index contributed by atoms with van der Waals surface area (Å²) in [5, 5.41) is 20.5. The van der Waals surface area contributed by atoms with Crippen LogP contribution in [0.2, 0.25) is 0 Å². The molecule has 1 amide bonds. The van der Waals surface area contributed by atoms with Gasteiger partial charge < -0.3 is 5.11 Å². The van der Waals surface area contributed by atoms with Gasteiger partial charge in [-0.2, -0.15) is 0 Å². The topological polar surface area (TPSA) is 96.3 Å². The van der Waals surface area contributed by atoms with Crippen LogP contribution in [-0.4, -0.2) is 32.0 Å². The van der Waals surface area contributed by atoms with Crippen LogP contribution in [0.3, 0.4) is 0 Å².